The molecule has 1 amide bonds. The third-order valence-electron chi connectivity index (χ3n) is 4.90. The van der Waals surface area contributed by atoms with Crippen LogP contribution in [0.15, 0.2) is 53.5 Å². The lowest BCUT2D eigenvalue weighted by Crippen LogP contribution is -2.34. The normalized spacial score (nSPS) is 13.4. The van der Waals surface area contributed by atoms with Crippen molar-refractivity contribution in [2.24, 2.45) is 10.8 Å². The summed E-state index contributed by atoms with van der Waals surface area (Å²) in [5.74, 6) is 7.50. The van der Waals surface area contributed by atoms with Gasteiger partial charge in [0, 0.05) is 18.7 Å². The van der Waals surface area contributed by atoms with Crippen molar-refractivity contribution in [2.75, 3.05) is 32.8 Å². The average molecular weight is 380 g/mol. The number of aliphatic imine (C=N–C) groups is 1. The zero-order chi connectivity index (χ0) is 19.9. The van der Waals surface area contributed by atoms with E-state index in [0.29, 0.717) is 18.8 Å². The molecule has 6 nitrogen and oxygen atoms in total. The van der Waals surface area contributed by atoms with Crippen molar-refractivity contribution < 1.29 is 9.53 Å². The van der Waals surface area contributed by atoms with Gasteiger partial charge < -0.3 is 9.64 Å². The Labute approximate surface area is 166 Å². The maximum absolute atomic E-state index is 12.0. The number of hydrogen-bond acceptors (Lipinski definition) is 5. The summed E-state index contributed by atoms with van der Waals surface area (Å²) in [5.41, 5.74) is 3.45. The van der Waals surface area contributed by atoms with E-state index in [1.165, 1.54) is 11.1 Å². The predicted octanol–water partition coefficient (Wildman–Crippen LogP) is 2.46. The largest absolute Gasteiger partial charge is 0.484 e. The van der Waals surface area contributed by atoms with E-state index in [1.54, 1.807) is 9.91 Å². The lowest BCUT2D eigenvalue weighted by atomic mass is 10.0. The molecule has 1 aliphatic heterocycles. The van der Waals surface area contributed by atoms with Crippen LogP contribution in [0.1, 0.15) is 30.5 Å². The second-order valence-electron chi connectivity index (χ2n) is 6.77. The second-order valence-corrected chi connectivity index (χ2v) is 6.77. The molecule has 0 bridgehead atoms. The number of carbonyl (C=O) groups excluding carboxylic acids is 1. The molecule has 2 aromatic carbocycles. The molecule has 0 aliphatic carbocycles. The number of benzene rings is 2. The van der Waals surface area contributed by atoms with Gasteiger partial charge in [0.15, 0.2) is 6.61 Å². The third-order valence-corrected chi connectivity index (χ3v) is 4.90. The van der Waals surface area contributed by atoms with Crippen LogP contribution in [-0.2, 0) is 11.2 Å². The quantitative estimate of drug-likeness (QED) is 0.714. The van der Waals surface area contributed by atoms with Crippen LogP contribution in [0.4, 0.5) is 0 Å². The van der Waals surface area contributed by atoms with Crippen molar-refractivity contribution in [1.29, 1.82) is 0 Å². The Hall–Kier alpha value is -2.86. The minimum atomic E-state index is 0.0112. The van der Waals surface area contributed by atoms with Gasteiger partial charge in [-0.2, -0.15) is 0 Å². The fraction of sp³-hybridized carbons (Fsp3) is 0.364. The van der Waals surface area contributed by atoms with Gasteiger partial charge in [0.1, 0.15) is 11.6 Å². The minimum absolute atomic E-state index is 0.0112. The van der Waals surface area contributed by atoms with Crippen LogP contribution in [0.2, 0.25) is 0 Å². The van der Waals surface area contributed by atoms with Gasteiger partial charge in [0.05, 0.1) is 13.1 Å². The first-order valence-corrected chi connectivity index (χ1v) is 9.76. The summed E-state index contributed by atoms with van der Waals surface area (Å²) in [6, 6.07) is 16.2. The number of nitrogens with two attached hydrogens (primary N) is 1. The molecule has 0 fully saturated rings. The number of hydrazine groups is 1. The number of nitrogens with zero attached hydrogens (tertiary/aromatic N) is 3. The van der Waals surface area contributed by atoms with Crippen molar-refractivity contribution in [3.05, 3.63) is 65.2 Å². The number of ether oxygens (including phenoxy) is 1. The molecule has 0 aromatic heterocycles. The lowest BCUT2D eigenvalue weighted by Gasteiger charge is -2.18. The van der Waals surface area contributed by atoms with E-state index in [0.717, 1.165) is 30.9 Å². The van der Waals surface area contributed by atoms with E-state index in [1.807, 2.05) is 38.1 Å². The Morgan fingerprint density at radius 3 is 2.21 bits per heavy atom. The summed E-state index contributed by atoms with van der Waals surface area (Å²) >= 11 is 0. The number of rotatable bonds is 8. The highest BCUT2D eigenvalue weighted by molar-refractivity contribution is 5.99. The number of likely N-dealkylation sites (N-methyl/N-ethyl adjacent to an activating group) is 1. The second kappa shape index (κ2) is 9.37. The average Bonchev–Trinajstić information content (AvgIpc) is 3.15. The van der Waals surface area contributed by atoms with Crippen LogP contribution in [0.3, 0.4) is 0 Å². The summed E-state index contributed by atoms with van der Waals surface area (Å²) in [6.45, 7) is 6.94. The van der Waals surface area contributed by atoms with Crippen molar-refractivity contribution in [2.45, 2.75) is 20.3 Å². The van der Waals surface area contributed by atoms with Crippen LogP contribution >= 0.6 is 0 Å². The number of amides is 1. The van der Waals surface area contributed by atoms with Crippen molar-refractivity contribution in [3.63, 3.8) is 0 Å². The van der Waals surface area contributed by atoms with Gasteiger partial charge in [-0.3, -0.25) is 14.8 Å². The first kappa shape index (κ1) is 19.9. The molecule has 0 saturated heterocycles. The molecule has 2 aromatic rings. The molecule has 0 atom stereocenters. The molecule has 2 N–H and O–H groups in total. The molecular formula is C22H28N4O2. The monoisotopic (exact) mass is 380 g/mol. The van der Waals surface area contributed by atoms with Crippen LogP contribution in [0.5, 0.6) is 5.75 Å². The van der Waals surface area contributed by atoms with E-state index in [4.69, 9.17) is 10.6 Å². The zero-order valence-corrected chi connectivity index (χ0v) is 16.6. The van der Waals surface area contributed by atoms with E-state index in [9.17, 15) is 4.79 Å². The van der Waals surface area contributed by atoms with Crippen molar-refractivity contribution in [3.8, 4) is 5.75 Å². The van der Waals surface area contributed by atoms with Crippen LogP contribution < -0.4 is 10.6 Å². The van der Waals surface area contributed by atoms with Crippen LogP contribution in [0.25, 0.3) is 0 Å². The van der Waals surface area contributed by atoms with E-state index < -0.39 is 0 Å². The van der Waals surface area contributed by atoms with Crippen molar-refractivity contribution >= 4 is 11.7 Å². The summed E-state index contributed by atoms with van der Waals surface area (Å²) in [4.78, 5) is 18.2. The molecule has 1 aliphatic rings. The molecule has 0 radical (unpaired) electrons. The Morgan fingerprint density at radius 1 is 1.07 bits per heavy atom. The fourth-order valence-corrected chi connectivity index (χ4v) is 3.24. The van der Waals surface area contributed by atoms with Gasteiger partial charge >= 0.3 is 0 Å². The fourth-order valence-electron chi connectivity index (χ4n) is 3.24. The molecule has 148 valence electrons. The molecule has 3 rings (SSSR count). The van der Waals surface area contributed by atoms with E-state index in [2.05, 4.69) is 29.3 Å². The van der Waals surface area contributed by atoms with Crippen LogP contribution in [-0.4, -0.2) is 54.4 Å². The minimum Gasteiger partial charge on any atom is -0.484 e. The first-order valence-electron chi connectivity index (χ1n) is 9.76. The van der Waals surface area contributed by atoms with Crippen molar-refractivity contribution in [1.82, 2.24) is 9.91 Å². The highest BCUT2D eigenvalue weighted by Gasteiger charge is 2.15. The summed E-state index contributed by atoms with van der Waals surface area (Å²) in [6.07, 6.45) is 0.831. The van der Waals surface area contributed by atoms with Gasteiger partial charge in [-0.15, -0.1) is 0 Å². The van der Waals surface area contributed by atoms with Gasteiger partial charge in [-0.1, -0.05) is 36.4 Å². The van der Waals surface area contributed by atoms with Gasteiger partial charge in [-0.25, -0.2) is 5.84 Å². The van der Waals surface area contributed by atoms with E-state index in [-0.39, 0.29) is 12.5 Å². The summed E-state index contributed by atoms with van der Waals surface area (Å²) in [7, 11) is 0. The number of amidine groups is 1. The number of hydrogen-bond donors (Lipinski definition) is 1. The third kappa shape index (κ3) is 4.89. The number of carbonyl (C=O) groups is 1. The Kier molecular flexibility index (Phi) is 6.66. The lowest BCUT2D eigenvalue weighted by molar-refractivity contribution is -0.132. The Morgan fingerprint density at radius 2 is 1.68 bits per heavy atom. The summed E-state index contributed by atoms with van der Waals surface area (Å²) in [5, 5.41) is 1.69. The summed E-state index contributed by atoms with van der Waals surface area (Å²) < 4.78 is 5.62. The van der Waals surface area contributed by atoms with Gasteiger partial charge in [-0.05, 0) is 43.5 Å². The maximum atomic E-state index is 12.0. The van der Waals surface area contributed by atoms with E-state index >= 15 is 0 Å². The molecule has 1 heterocycles. The highest BCUT2D eigenvalue weighted by Crippen LogP contribution is 2.17. The standard InChI is InChI=1S/C22H28N4O2/c1-3-25(4-2)21(27)16-28-20-11-7-18(8-12-20)15-17-5-9-19(10-6-17)22-24-13-14-26(22)23/h5-12H,3-4,13-16,23H2,1-2H3. The topological polar surface area (TPSA) is 71.2 Å². The Bertz CT molecular complexity index is 811. The van der Waals surface area contributed by atoms with Gasteiger partial charge in [0.25, 0.3) is 5.91 Å². The van der Waals surface area contributed by atoms with Gasteiger partial charge in [0.2, 0.25) is 0 Å². The molecule has 0 saturated carbocycles. The first-order chi connectivity index (χ1) is 13.6. The molecule has 0 spiro atoms. The highest BCUT2D eigenvalue weighted by atomic mass is 16.5. The predicted molar refractivity (Wildman–Crippen MR) is 111 cm³/mol. The smallest absolute Gasteiger partial charge is 0.260 e. The van der Waals surface area contributed by atoms with Crippen LogP contribution in [0, 0.1) is 0 Å². The molecule has 0 unspecified atom stereocenters. The zero-order valence-electron chi connectivity index (χ0n) is 16.6. The SMILES string of the molecule is CCN(CC)C(=O)COc1ccc(Cc2ccc(C3=NCCN3N)cc2)cc1. The molecular weight excluding hydrogens is 352 g/mol. The molecule has 6 heteroatoms. The Balaban J connectivity index is 1.55. The maximum Gasteiger partial charge on any atom is 0.260 e. The molecule has 28 heavy (non-hydrogen) atoms.